The summed E-state index contributed by atoms with van der Waals surface area (Å²) in [5, 5.41) is 7.31. The van der Waals surface area contributed by atoms with E-state index in [-0.39, 0.29) is 11.8 Å². The van der Waals surface area contributed by atoms with Crippen LogP contribution in [0.4, 0.5) is 0 Å². The van der Waals surface area contributed by atoms with Gasteiger partial charge in [0, 0.05) is 30.9 Å². The summed E-state index contributed by atoms with van der Waals surface area (Å²) in [6.07, 6.45) is 6.18. The molecule has 1 aromatic carbocycles. The molecule has 1 atom stereocenters. The Balaban J connectivity index is 1.70. The van der Waals surface area contributed by atoms with Gasteiger partial charge in [0.05, 0.1) is 23.6 Å². The molecule has 0 radical (unpaired) electrons. The summed E-state index contributed by atoms with van der Waals surface area (Å²) in [5.74, 6) is -0.0151. The third kappa shape index (κ3) is 2.70. The minimum absolute atomic E-state index is 0.0453. The van der Waals surface area contributed by atoms with Gasteiger partial charge in [-0.25, -0.2) is 9.67 Å². The Morgan fingerprint density at radius 1 is 1.19 bits per heavy atom. The number of nitrogens with zero attached hydrogens (tertiary/aromatic N) is 4. The molecule has 1 aliphatic rings. The van der Waals surface area contributed by atoms with Gasteiger partial charge in [-0.3, -0.25) is 4.79 Å². The molecule has 5 rings (SSSR count). The van der Waals surface area contributed by atoms with Crippen LogP contribution in [-0.2, 0) is 11.3 Å². The van der Waals surface area contributed by atoms with Crippen LogP contribution in [0.5, 0.6) is 0 Å². The smallest absolute Gasteiger partial charge is 0.221 e. The van der Waals surface area contributed by atoms with E-state index < -0.39 is 0 Å². The van der Waals surface area contributed by atoms with Gasteiger partial charge in [-0.15, -0.1) is 0 Å². The van der Waals surface area contributed by atoms with Gasteiger partial charge in [0.15, 0.2) is 0 Å². The van der Waals surface area contributed by atoms with E-state index >= 15 is 0 Å². The van der Waals surface area contributed by atoms with Gasteiger partial charge in [0.25, 0.3) is 0 Å². The van der Waals surface area contributed by atoms with E-state index in [0.29, 0.717) is 13.0 Å². The van der Waals surface area contributed by atoms with Crippen LogP contribution in [0.15, 0.2) is 61.1 Å². The number of imidazole rings is 1. The summed E-state index contributed by atoms with van der Waals surface area (Å²) in [4.78, 5) is 17.2. The fourth-order valence-corrected chi connectivity index (χ4v) is 3.83. The van der Waals surface area contributed by atoms with Crippen LogP contribution in [-0.4, -0.2) is 25.1 Å². The minimum Gasteiger partial charge on any atom is -0.350 e. The molecule has 0 saturated heterocycles. The zero-order valence-electron chi connectivity index (χ0n) is 15.0. The Hall–Kier alpha value is -3.41. The number of hydrogen-bond donors (Lipinski definition) is 1. The number of amides is 1. The number of benzene rings is 1. The molecule has 0 saturated carbocycles. The van der Waals surface area contributed by atoms with Crippen molar-refractivity contribution in [1.82, 2.24) is 24.5 Å². The Bertz CT molecular complexity index is 1140. The van der Waals surface area contributed by atoms with Crippen molar-refractivity contribution in [3.63, 3.8) is 0 Å². The quantitative estimate of drug-likeness (QED) is 0.600. The zero-order chi connectivity index (χ0) is 18.4. The molecule has 1 N–H and O–H groups in total. The molecule has 6 heteroatoms. The number of fused-ring (bicyclic) bond motifs is 3. The molecule has 4 heterocycles. The predicted molar refractivity (Wildman–Crippen MR) is 102 cm³/mol. The van der Waals surface area contributed by atoms with Crippen molar-refractivity contribution in [3.05, 3.63) is 83.6 Å². The van der Waals surface area contributed by atoms with Crippen LogP contribution in [0.1, 0.15) is 34.9 Å². The number of rotatable bonds is 2. The first-order valence-corrected chi connectivity index (χ1v) is 9.03. The first kappa shape index (κ1) is 15.8. The van der Waals surface area contributed by atoms with Crippen molar-refractivity contribution in [1.29, 1.82) is 0 Å². The molecule has 0 aliphatic carbocycles. The van der Waals surface area contributed by atoms with Gasteiger partial charge in [0.1, 0.15) is 5.65 Å². The molecule has 1 amide bonds. The van der Waals surface area contributed by atoms with Gasteiger partial charge < -0.3 is 9.72 Å². The van der Waals surface area contributed by atoms with Crippen molar-refractivity contribution in [3.8, 4) is 5.69 Å². The van der Waals surface area contributed by atoms with Gasteiger partial charge in [-0.05, 0) is 42.3 Å². The maximum Gasteiger partial charge on any atom is 0.221 e. The summed E-state index contributed by atoms with van der Waals surface area (Å²) in [7, 11) is 0. The zero-order valence-corrected chi connectivity index (χ0v) is 15.0. The van der Waals surface area contributed by atoms with Gasteiger partial charge in [-0.1, -0.05) is 18.2 Å². The normalized spacial score (nSPS) is 16.8. The van der Waals surface area contributed by atoms with Crippen LogP contribution >= 0.6 is 0 Å². The minimum atomic E-state index is -0.0604. The van der Waals surface area contributed by atoms with E-state index in [9.17, 15) is 4.79 Å². The largest absolute Gasteiger partial charge is 0.350 e. The SMILES string of the molecule is Cc1ccc2nc3c(n2c1)C(c1cccc(-n2cccn2)c1)CC(=O)NC3. The number of aryl methyl sites for hydroxylation is 1. The Morgan fingerprint density at radius 2 is 2.11 bits per heavy atom. The van der Waals surface area contributed by atoms with Crippen molar-refractivity contribution < 1.29 is 4.79 Å². The average Bonchev–Trinajstić information content (AvgIpc) is 3.29. The molecule has 0 spiro atoms. The second-order valence-electron chi connectivity index (χ2n) is 6.96. The van der Waals surface area contributed by atoms with Crippen LogP contribution in [0.3, 0.4) is 0 Å². The first-order chi connectivity index (χ1) is 13.2. The average molecular weight is 357 g/mol. The predicted octanol–water partition coefficient (Wildman–Crippen LogP) is 2.98. The number of carbonyl (C=O) groups is 1. The molecular formula is C21H19N5O. The summed E-state index contributed by atoms with van der Waals surface area (Å²) < 4.78 is 3.97. The molecule has 27 heavy (non-hydrogen) atoms. The Kier molecular flexibility index (Phi) is 3.57. The van der Waals surface area contributed by atoms with E-state index in [1.807, 2.05) is 35.1 Å². The fraction of sp³-hybridized carbons (Fsp3) is 0.190. The Labute approximate surface area is 156 Å². The topological polar surface area (TPSA) is 64.2 Å². The Morgan fingerprint density at radius 3 is 2.96 bits per heavy atom. The number of carbonyl (C=O) groups excluding carboxylic acids is 1. The molecule has 6 nitrogen and oxygen atoms in total. The van der Waals surface area contributed by atoms with Crippen molar-refractivity contribution >= 4 is 11.6 Å². The summed E-state index contributed by atoms with van der Waals surface area (Å²) in [6, 6.07) is 14.2. The summed E-state index contributed by atoms with van der Waals surface area (Å²) in [6.45, 7) is 2.53. The van der Waals surface area contributed by atoms with Crippen molar-refractivity contribution in [2.24, 2.45) is 0 Å². The first-order valence-electron chi connectivity index (χ1n) is 9.03. The number of nitrogens with one attached hydrogen (secondary N) is 1. The second kappa shape index (κ2) is 6.09. The second-order valence-corrected chi connectivity index (χ2v) is 6.96. The van der Waals surface area contributed by atoms with Crippen LogP contribution < -0.4 is 5.32 Å². The highest BCUT2D eigenvalue weighted by molar-refractivity contribution is 5.78. The van der Waals surface area contributed by atoms with E-state index in [4.69, 9.17) is 4.98 Å². The highest BCUT2D eigenvalue weighted by Gasteiger charge is 2.29. The van der Waals surface area contributed by atoms with Gasteiger partial charge >= 0.3 is 0 Å². The third-order valence-electron chi connectivity index (χ3n) is 5.09. The third-order valence-corrected chi connectivity index (χ3v) is 5.09. The lowest BCUT2D eigenvalue weighted by Gasteiger charge is -2.17. The number of aromatic nitrogens is 4. The van der Waals surface area contributed by atoms with Gasteiger partial charge in [-0.2, -0.15) is 5.10 Å². The van der Waals surface area contributed by atoms with Crippen LogP contribution in [0.2, 0.25) is 0 Å². The molecule has 134 valence electrons. The fourth-order valence-electron chi connectivity index (χ4n) is 3.83. The molecular weight excluding hydrogens is 338 g/mol. The number of pyridine rings is 1. The lowest BCUT2D eigenvalue weighted by Crippen LogP contribution is -2.21. The lowest BCUT2D eigenvalue weighted by atomic mass is 9.91. The molecule has 3 aromatic heterocycles. The molecule has 0 bridgehead atoms. The summed E-state index contributed by atoms with van der Waals surface area (Å²) in [5.41, 5.74) is 6.16. The van der Waals surface area contributed by atoms with Crippen molar-refractivity contribution in [2.45, 2.75) is 25.8 Å². The van der Waals surface area contributed by atoms with Crippen LogP contribution in [0, 0.1) is 6.92 Å². The van der Waals surface area contributed by atoms with E-state index in [1.165, 1.54) is 0 Å². The molecule has 4 aromatic rings. The lowest BCUT2D eigenvalue weighted by molar-refractivity contribution is -0.121. The monoisotopic (exact) mass is 357 g/mol. The highest BCUT2D eigenvalue weighted by atomic mass is 16.1. The van der Waals surface area contributed by atoms with E-state index in [1.54, 1.807) is 6.20 Å². The van der Waals surface area contributed by atoms with Crippen LogP contribution in [0.25, 0.3) is 11.3 Å². The standard InChI is InChI=1S/C21H19N5O/c1-14-6-7-19-24-18-12-22-20(27)11-17(21(18)25(19)13-14)15-4-2-5-16(10-15)26-9-3-8-23-26/h2-10,13,17H,11-12H2,1H3,(H,22,27). The molecule has 1 unspecified atom stereocenters. The number of hydrogen-bond acceptors (Lipinski definition) is 3. The van der Waals surface area contributed by atoms with Gasteiger partial charge in [0.2, 0.25) is 5.91 Å². The molecule has 0 fully saturated rings. The van der Waals surface area contributed by atoms with Crippen molar-refractivity contribution in [2.75, 3.05) is 0 Å². The highest BCUT2D eigenvalue weighted by Crippen LogP contribution is 2.34. The van der Waals surface area contributed by atoms with E-state index in [0.717, 1.165) is 33.8 Å². The molecule has 1 aliphatic heterocycles. The maximum absolute atomic E-state index is 12.4. The summed E-state index contributed by atoms with van der Waals surface area (Å²) >= 11 is 0. The maximum atomic E-state index is 12.4. The van der Waals surface area contributed by atoms with E-state index in [2.05, 4.69) is 46.1 Å².